The standard InChI is InChI=1S/C16H11Cl2N3O2S/c17-12-6-4-10(5-7-12)9-21-16(23)20-15(24-21)19-14(22)11-2-1-3-13(18)8-11/h1-8H,9H2,(H,19,20,22,23). The smallest absolute Gasteiger partial charge is 0.297 e. The molecule has 0 unspecified atom stereocenters. The third-order valence-corrected chi connectivity index (χ3v) is 4.51. The molecule has 122 valence electrons. The molecule has 0 aliphatic rings. The summed E-state index contributed by atoms with van der Waals surface area (Å²) < 4.78 is 1.46. The van der Waals surface area contributed by atoms with Gasteiger partial charge < -0.3 is 0 Å². The Morgan fingerprint density at radius 3 is 2.58 bits per heavy atom. The van der Waals surface area contributed by atoms with E-state index in [0.717, 1.165) is 17.1 Å². The quantitative estimate of drug-likeness (QED) is 0.747. The number of amides is 1. The summed E-state index contributed by atoms with van der Waals surface area (Å²) in [6.45, 7) is 0.362. The molecule has 3 aromatic rings. The topological polar surface area (TPSA) is 64.0 Å². The zero-order valence-corrected chi connectivity index (χ0v) is 14.5. The number of carbonyl (C=O) groups excluding carboxylic acids is 1. The first kappa shape index (κ1) is 16.7. The van der Waals surface area contributed by atoms with E-state index in [-0.39, 0.29) is 11.0 Å². The van der Waals surface area contributed by atoms with E-state index in [0.29, 0.717) is 22.2 Å². The van der Waals surface area contributed by atoms with Gasteiger partial charge in [-0.2, -0.15) is 4.98 Å². The largest absolute Gasteiger partial charge is 0.360 e. The van der Waals surface area contributed by atoms with E-state index in [9.17, 15) is 9.59 Å². The Hall–Kier alpha value is -2.15. The van der Waals surface area contributed by atoms with E-state index in [4.69, 9.17) is 23.2 Å². The summed E-state index contributed by atoms with van der Waals surface area (Å²) in [5, 5.41) is 3.94. The van der Waals surface area contributed by atoms with Gasteiger partial charge in [0.05, 0.1) is 6.54 Å². The van der Waals surface area contributed by atoms with E-state index in [1.807, 2.05) is 12.1 Å². The minimum Gasteiger partial charge on any atom is -0.297 e. The van der Waals surface area contributed by atoms with Crippen molar-refractivity contribution in [1.29, 1.82) is 0 Å². The normalized spacial score (nSPS) is 10.6. The molecule has 0 aliphatic heterocycles. The van der Waals surface area contributed by atoms with E-state index in [2.05, 4.69) is 10.3 Å². The molecule has 8 heteroatoms. The lowest BCUT2D eigenvalue weighted by atomic mass is 10.2. The molecule has 0 fully saturated rings. The average Bonchev–Trinajstić information content (AvgIpc) is 2.89. The maximum absolute atomic E-state index is 12.2. The molecule has 0 radical (unpaired) electrons. The molecule has 0 bridgehead atoms. The van der Waals surface area contributed by atoms with Crippen LogP contribution in [0.25, 0.3) is 0 Å². The van der Waals surface area contributed by atoms with Crippen molar-refractivity contribution in [2.45, 2.75) is 6.54 Å². The summed E-state index contributed by atoms with van der Waals surface area (Å²) >= 11 is 12.8. The maximum Gasteiger partial charge on any atom is 0.360 e. The van der Waals surface area contributed by atoms with Crippen molar-refractivity contribution >= 4 is 45.8 Å². The van der Waals surface area contributed by atoms with Gasteiger partial charge in [0, 0.05) is 15.6 Å². The second kappa shape index (κ2) is 7.17. The Labute approximate surface area is 151 Å². The summed E-state index contributed by atoms with van der Waals surface area (Å²) in [5.74, 6) is -0.370. The minimum atomic E-state index is -0.420. The fraction of sp³-hybridized carbons (Fsp3) is 0.0625. The van der Waals surface area contributed by atoms with Gasteiger partial charge in [-0.3, -0.25) is 10.1 Å². The molecule has 2 aromatic carbocycles. The molecule has 0 saturated heterocycles. The van der Waals surface area contributed by atoms with Gasteiger partial charge in [0.15, 0.2) is 0 Å². The molecule has 0 spiro atoms. The Morgan fingerprint density at radius 1 is 1.12 bits per heavy atom. The van der Waals surface area contributed by atoms with Gasteiger partial charge in [-0.05, 0) is 47.4 Å². The molecule has 0 aliphatic carbocycles. The molecule has 1 N–H and O–H groups in total. The maximum atomic E-state index is 12.2. The van der Waals surface area contributed by atoms with E-state index in [1.54, 1.807) is 36.4 Å². The van der Waals surface area contributed by atoms with Gasteiger partial charge in [-0.15, -0.1) is 0 Å². The highest BCUT2D eigenvalue weighted by atomic mass is 35.5. The number of halogens is 2. The first-order valence-electron chi connectivity index (χ1n) is 6.91. The summed E-state index contributed by atoms with van der Waals surface area (Å²) in [7, 11) is 0. The number of carbonyl (C=O) groups is 1. The van der Waals surface area contributed by atoms with Crippen molar-refractivity contribution in [3.63, 3.8) is 0 Å². The van der Waals surface area contributed by atoms with Gasteiger partial charge in [0.2, 0.25) is 5.13 Å². The van der Waals surface area contributed by atoms with Crippen LogP contribution >= 0.6 is 34.7 Å². The van der Waals surface area contributed by atoms with Gasteiger partial charge >= 0.3 is 5.69 Å². The van der Waals surface area contributed by atoms with E-state index in [1.165, 1.54) is 3.96 Å². The zero-order valence-electron chi connectivity index (χ0n) is 12.2. The number of nitrogens with zero attached hydrogens (tertiary/aromatic N) is 2. The first-order chi connectivity index (χ1) is 11.5. The molecule has 0 saturated carbocycles. The van der Waals surface area contributed by atoms with Crippen LogP contribution in [0.1, 0.15) is 15.9 Å². The van der Waals surface area contributed by atoms with Crippen molar-refractivity contribution in [2.75, 3.05) is 5.32 Å². The highest BCUT2D eigenvalue weighted by Crippen LogP contribution is 2.16. The van der Waals surface area contributed by atoms with Crippen LogP contribution in [0.3, 0.4) is 0 Å². The van der Waals surface area contributed by atoms with Crippen molar-refractivity contribution in [3.8, 4) is 0 Å². The summed E-state index contributed by atoms with van der Waals surface area (Å²) in [5.41, 5.74) is 0.892. The van der Waals surface area contributed by atoms with Gasteiger partial charge in [0.25, 0.3) is 5.91 Å². The molecule has 3 rings (SSSR count). The SMILES string of the molecule is O=C(Nc1nc(=O)n(Cc2ccc(Cl)cc2)s1)c1cccc(Cl)c1. The van der Waals surface area contributed by atoms with Gasteiger partial charge in [0.1, 0.15) is 0 Å². The van der Waals surface area contributed by atoms with Crippen LogP contribution < -0.4 is 11.0 Å². The molecular formula is C16H11Cl2N3O2S. The van der Waals surface area contributed by atoms with E-state index >= 15 is 0 Å². The molecule has 1 heterocycles. The number of nitrogens with one attached hydrogen (secondary N) is 1. The Kier molecular flexibility index (Phi) is 4.99. The third-order valence-electron chi connectivity index (χ3n) is 3.15. The fourth-order valence-corrected chi connectivity index (χ4v) is 3.13. The van der Waals surface area contributed by atoms with Crippen LogP contribution in [0.2, 0.25) is 10.0 Å². The lowest BCUT2D eigenvalue weighted by Gasteiger charge is -2.02. The number of hydrogen-bond acceptors (Lipinski definition) is 4. The number of hydrogen-bond donors (Lipinski definition) is 1. The second-order valence-electron chi connectivity index (χ2n) is 4.92. The lowest BCUT2D eigenvalue weighted by Crippen LogP contribution is -2.16. The summed E-state index contributed by atoms with van der Waals surface area (Å²) in [4.78, 5) is 27.9. The monoisotopic (exact) mass is 379 g/mol. The highest BCUT2D eigenvalue weighted by molar-refractivity contribution is 7.10. The molecule has 0 atom stereocenters. The van der Waals surface area contributed by atoms with Crippen LogP contribution in [-0.4, -0.2) is 14.8 Å². The number of anilines is 1. The number of aromatic nitrogens is 2. The first-order valence-corrected chi connectivity index (χ1v) is 8.44. The van der Waals surface area contributed by atoms with Gasteiger partial charge in [-0.25, -0.2) is 8.75 Å². The van der Waals surface area contributed by atoms with Crippen molar-refractivity contribution < 1.29 is 4.79 Å². The molecular weight excluding hydrogens is 369 g/mol. The van der Waals surface area contributed by atoms with Crippen LogP contribution in [0.5, 0.6) is 0 Å². The van der Waals surface area contributed by atoms with Crippen molar-refractivity contribution in [3.05, 3.63) is 80.2 Å². The average molecular weight is 380 g/mol. The molecule has 5 nitrogen and oxygen atoms in total. The van der Waals surface area contributed by atoms with Crippen LogP contribution in [-0.2, 0) is 6.54 Å². The predicted octanol–water partition coefficient (Wildman–Crippen LogP) is 3.91. The summed E-state index contributed by atoms with van der Waals surface area (Å²) in [6.07, 6.45) is 0. The van der Waals surface area contributed by atoms with Crippen molar-refractivity contribution in [2.24, 2.45) is 0 Å². The van der Waals surface area contributed by atoms with Crippen LogP contribution in [0.15, 0.2) is 53.3 Å². The van der Waals surface area contributed by atoms with Crippen molar-refractivity contribution in [1.82, 2.24) is 8.94 Å². The van der Waals surface area contributed by atoms with Crippen LogP contribution in [0.4, 0.5) is 5.13 Å². The summed E-state index contributed by atoms with van der Waals surface area (Å²) in [6, 6.07) is 13.7. The molecule has 1 amide bonds. The molecule has 1 aromatic heterocycles. The highest BCUT2D eigenvalue weighted by Gasteiger charge is 2.12. The second-order valence-corrected chi connectivity index (χ2v) is 6.80. The fourth-order valence-electron chi connectivity index (χ4n) is 2.01. The zero-order chi connectivity index (χ0) is 17.1. The Morgan fingerprint density at radius 2 is 1.88 bits per heavy atom. The number of rotatable bonds is 4. The molecule has 24 heavy (non-hydrogen) atoms. The Balaban J connectivity index is 1.75. The van der Waals surface area contributed by atoms with Crippen LogP contribution in [0, 0.1) is 0 Å². The third kappa shape index (κ3) is 4.03. The van der Waals surface area contributed by atoms with Gasteiger partial charge in [-0.1, -0.05) is 41.4 Å². The predicted molar refractivity (Wildman–Crippen MR) is 96.3 cm³/mol. The number of benzene rings is 2. The minimum absolute atomic E-state index is 0.235. The Bertz CT molecular complexity index is 935. The lowest BCUT2D eigenvalue weighted by molar-refractivity contribution is 0.102. The van der Waals surface area contributed by atoms with E-state index < -0.39 is 5.69 Å².